The van der Waals surface area contributed by atoms with Gasteiger partial charge in [-0.2, -0.15) is 5.10 Å². The van der Waals surface area contributed by atoms with E-state index in [4.69, 9.17) is 0 Å². The summed E-state index contributed by atoms with van der Waals surface area (Å²) in [6, 6.07) is 12.7. The molecule has 5 nitrogen and oxygen atoms in total. The molecule has 0 saturated carbocycles. The summed E-state index contributed by atoms with van der Waals surface area (Å²) < 4.78 is 1.80. The van der Waals surface area contributed by atoms with Crippen molar-refractivity contribution < 1.29 is 4.92 Å². The molecule has 1 aromatic heterocycles. The molecule has 0 fully saturated rings. The lowest BCUT2D eigenvalue weighted by Gasteiger charge is -2.08. The highest BCUT2D eigenvalue weighted by molar-refractivity contribution is 9.08. The molecule has 1 heterocycles. The zero-order valence-electron chi connectivity index (χ0n) is 10.4. The van der Waals surface area contributed by atoms with Crippen LogP contribution in [0.25, 0.3) is 16.6 Å². The van der Waals surface area contributed by atoms with Gasteiger partial charge in [0, 0.05) is 22.8 Å². The van der Waals surface area contributed by atoms with E-state index in [0.717, 1.165) is 22.2 Å². The summed E-state index contributed by atoms with van der Waals surface area (Å²) in [7, 11) is 0. The zero-order valence-corrected chi connectivity index (χ0v) is 11.9. The van der Waals surface area contributed by atoms with Gasteiger partial charge in [-0.15, -0.1) is 0 Å². The average Bonchev–Trinajstić information content (AvgIpc) is 2.90. The molecule has 0 radical (unpaired) electrons. The zero-order chi connectivity index (χ0) is 14.1. The number of non-ortho nitro benzene ring substituents is 1. The van der Waals surface area contributed by atoms with Crippen molar-refractivity contribution in [2.75, 3.05) is 0 Å². The molecule has 0 aliphatic carbocycles. The van der Waals surface area contributed by atoms with E-state index in [1.165, 1.54) is 6.07 Å². The fourth-order valence-corrected chi connectivity index (χ4v) is 2.61. The van der Waals surface area contributed by atoms with Crippen LogP contribution in [0.2, 0.25) is 0 Å². The summed E-state index contributed by atoms with van der Waals surface area (Å²) in [5.74, 6) is 0. The van der Waals surface area contributed by atoms with Crippen LogP contribution in [0.5, 0.6) is 0 Å². The van der Waals surface area contributed by atoms with Crippen molar-refractivity contribution in [3.63, 3.8) is 0 Å². The minimum Gasteiger partial charge on any atom is -0.258 e. The van der Waals surface area contributed by atoms with E-state index >= 15 is 0 Å². The number of fused-ring (bicyclic) bond motifs is 1. The van der Waals surface area contributed by atoms with Crippen molar-refractivity contribution in [3.8, 4) is 5.69 Å². The minimum absolute atomic E-state index is 0.0830. The normalized spacial score (nSPS) is 10.8. The maximum absolute atomic E-state index is 10.8. The lowest BCUT2D eigenvalue weighted by molar-refractivity contribution is -0.384. The van der Waals surface area contributed by atoms with E-state index in [-0.39, 0.29) is 5.69 Å². The van der Waals surface area contributed by atoms with Gasteiger partial charge in [0.25, 0.3) is 5.69 Å². The molecule has 6 heteroatoms. The molecule has 20 heavy (non-hydrogen) atoms. The number of benzene rings is 2. The minimum atomic E-state index is -0.392. The third-order valence-corrected chi connectivity index (χ3v) is 3.73. The van der Waals surface area contributed by atoms with Crippen LogP contribution in [0.1, 0.15) is 5.56 Å². The Kier molecular flexibility index (Phi) is 3.23. The van der Waals surface area contributed by atoms with Crippen molar-refractivity contribution in [2.24, 2.45) is 0 Å². The third-order valence-electron chi connectivity index (χ3n) is 3.12. The van der Waals surface area contributed by atoms with Gasteiger partial charge in [0.1, 0.15) is 0 Å². The van der Waals surface area contributed by atoms with E-state index in [1.54, 1.807) is 23.0 Å². The second-order valence-electron chi connectivity index (χ2n) is 4.32. The number of alkyl halides is 1. The van der Waals surface area contributed by atoms with E-state index in [1.807, 2.05) is 24.3 Å². The highest BCUT2D eigenvalue weighted by atomic mass is 79.9. The maximum atomic E-state index is 10.8. The summed E-state index contributed by atoms with van der Waals surface area (Å²) in [4.78, 5) is 10.5. The average molecular weight is 332 g/mol. The topological polar surface area (TPSA) is 61.0 Å². The third kappa shape index (κ3) is 2.08. The van der Waals surface area contributed by atoms with E-state index < -0.39 is 4.92 Å². The van der Waals surface area contributed by atoms with Gasteiger partial charge >= 0.3 is 0 Å². The van der Waals surface area contributed by atoms with Gasteiger partial charge in [-0.3, -0.25) is 10.1 Å². The van der Waals surface area contributed by atoms with Gasteiger partial charge in [0.2, 0.25) is 0 Å². The molecule has 0 atom stereocenters. The second-order valence-corrected chi connectivity index (χ2v) is 4.88. The molecule has 2 aromatic carbocycles. The highest BCUT2D eigenvalue weighted by Crippen LogP contribution is 2.26. The number of hydrogen-bond donors (Lipinski definition) is 0. The van der Waals surface area contributed by atoms with Gasteiger partial charge in [-0.25, -0.2) is 4.68 Å². The lowest BCUT2D eigenvalue weighted by Crippen LogP contribution is -2.01. The first-order valence-electron chi connectivity index (χ1n) is 5.97. The Labute approximate surface area is 123 Å². The molecular formula is C14H10BrN3O2. The molecule has 3 aromatic rings. The number of nitro benzene ring substituents is 1. The van der Waals surface area contributed by atoms with Gasteiger partial charge in [-0.05, 0) is 17.7 Å². The SMILES string of the molecule is O=[N+]([O-])c1ccc(-n2ncc3ccccc32)c(CBr)c1. The second kappa shape index (κ2) is 5.05. The summed E-state index contributed by atoms with van der Waals surface area (Å²) in [5.41, 5.74) is 2.73. The summed E-state index contributed by atoms with van der Waals surface area (Å²) in [5, 5.41) is 16.8. The van der Waals surface area contributed by atoms with Crippen molar-refractivity contribution in [2.45, 2.75) is 5.33 Å². The van der Waals surface area contributed by atoms with Crippen LogP contribution in [-0.4, -0.2) is 14.7 Å². The largest absolute Gasteiger partial charge is 0.269 e. The summed E-state index contributed by atoms with van der Waals surface area (Å²) >= 11 is 3.38. The standard InChI is InChI=1S/C14H10BrN3O2/c15-8-11-7-12(18(19)20)5-6-14(11)17-13-4-2-1-3-10(13)9-16-17/h1-7,9H,8H2. The number of para-hydroxylation sites is 1. The summed E-state index contributed by atoms with van der Waals surface area (Å²) in [6.07, 6.45) is 1.79. The van der Waals surface area contributed by atoms with Crippen molar-refractivity contribution in [1.82, 2.24) is 9.78 Å². The molecule has 0 spiro atoms. The molecule has 0 saturated heterocycles. The Morgan fingerprint density at radius 3 is 2.80 bits per heavy atom. The van der Waals surface area contributed by atoms with E-state index in [0.29, 0.717) is 5.33 Å². The van der Waals surface area contributed by atoms with Crippen LogP contribution in [0, 0.1) is 10.1 Å². The monoisotopic (exact) mass is 331 g/mol. The number of hydrogen-bond acceptors (Lipinski definition) is 3. The first-order valence-corrected chi connectivity index (χ1v) is 7.09. The number of halogens is 1. The predicted molar refractivity (Wildman–Crippen MR) is 80.4 cm³/mol. The number of nitro groups is 1. The van der Waals surface area contributed by atoms with Crippen LogP contribution < -0.4 is 0 Å². The van der Waals surface area contributed by atoms with Gasteiger partial charge < -0.3 is 0 Å². The number of aromatic nitrogens is 2. The molecule has 100 valence electrons. The number of rotatable bonds is 3. The molecular weight excluding hydrogens is 322 g/mol. The Morgan fingerprint density at radius 2 is 2.05 bits per heavy atom. The molecule has 0 aliphatic heterocycles. The van der Waals surface area contributed by atoms with E-state index in [2.05, 4.69) is 21.0 Å². The van der Waals surface area contributed by atoms with Crippen LogP contribution in [-0.2, 0) is 5.33 Å². The number of nitrogens with zero attached hydrogens (tertiary/aromatic N) is 3. The maximum Gasteiger partial charge on any atom is 0.269 e. The molecule has 0 unspecified atom stereocenters. The Hall–Kier alpha value is -2.21. The molecule has 0 aliphatic rings. The first-order chi connectivity index (χ1) is 9.70. The quantitative estimate of drug-likeness (QED) is 0.416. The highest BCUT2D eigenvalue weighted by Gasteiger charge is 2.13. The van der Waals surface area contributed by atoms with Gasteiger partial charge in [0.05, 0.1) is 22.3 Å². The van der Waals surface area contributed by atoms with Gasteiger partial charge in [-0.1, -0.05) is 34.1 Å². The van der Waals surface area contributed by atoms with Crippen LogP contribution in [0.4, 0.5) is 5.69 Å². The molecule has 3 rings (SSSR count). The fraction of sp³-hybridized carbons (Fsp3) is 0.0714. The molecule has 0 bridgehead atoms. The van der Waals surface area contributed by atoms with Crippen LogP contribution in [0.15, 0.2) is 48.7 Å². The lowest BCUT2D eigenvalue weighted by atomic mass is 10.1. The Balaban J connectivity index is 2.21. The molecule has 0 amide bonds. The Bertz CT molecular complexity index is 798. The van der Waals surface area contributed by atoms with Crippen LogP contribution in [0.3, 0.4) is 0 Å². The fourth-order valence-electron chi connectivity index (χ4n) is 2.16. The molecule has 0 N–H and O–H groups in total. The van der Waals surface area contributed by atoms with Crippen molar-refractivity contribution in [1.29, 1.82) is 0 Å². The summed E-state index contributed by atoms with van der Waals surface area (Å²) in [6.45, 7) is 0. The first kappa shape index (κ1) is 12.8. The van der Waals surface area contributed by atoms with Crippen LogP contribution >= 0.6 is 15.9 Å². The van der Waals surface area contributed by atoms with E-state index in [9.17, 15) is 10.1 Å². The van der Waals surface area contributed by atoms with Gasteiger partial charge in [0.15, 0.2) is 0 Å². The van der Waals surface area contributed by atoms with Crippen molar-refractivity contribution in [3.05, 3.63) is 64.3 Å². The van der Waals surface area contributed by atoms with Crippen molar-refractivity contribution >= 4 is 32.5 Å². The predicted octanol–water partition coefficient (Wildman–Crippen LogP) is 3.83. The Morgan fingerprint density at radius 1 is 1.25 bits per heavy atom. The smallest absolute Gasteiger partial charge is 0.258 e.